The molecule has 1 aromatic carbocycles. The molecule has 1 aliphatic carbocycles. The molecule has 42 heavy (non-hydrogen) atoms. The summed E-state index contributed by atoms with van der Waals surface area (Å²) in [4.78, 5) is 47.8. The fourth-order valence-corrected chi connectivity index (χ4v) is 5.71. The molecule has 1 saturated heterocycles. The Bertz CT molecular complexity index is 1830. The number of pyridine rings is 2. The third kappa shape index (κ3) is 5.31. The first-order valence-electron chi connectivity index (χ1n) is 13.8. The second kappa shape index (κ2) is 11.4. The Morgan fingerprint density at radius 1 is 0.976 bits per heavy atom. The van der Waals surface area contributed by atoms with E-state index in [2.05, 4.69) is 14.9 Å². The number of aromatic carboxylic acids is 1. The van der Waals surface area contributed by atoms with Gasteiger partial charge in [0, 0.05) is 32.0 Å². The lowest BCUT2D eigenvalue weighted by Gasteiger charge is -2.16. The first-order valence-corrected chi connectivity index (χ1v) is 13.8. The zero-order valence-corrected chi connectivity index (χ0v) is 22.8. The highest BCUT2D eigenvalue weighted by atomic mass is 16.4. The Kier molecular flexibility index (Phi) is 7.37. The van der Waals surface area contributed by atoms with E-state index in [1.165, 1.54) is 12.3 Å². The maximum absolute atomic E-state index is 13.9. The van der Waals surface area contributed by atoms with Crippen LogP contribution in [0.25, 0.3) is 22.4 Å². The average Bonchev–Trinajstić information content (AvgIpc) is 3.54. The molecule has 4 heterocycles. The highest BCUT2D eigenvalue weighted by Crippen LogP contribution is 2.28. The summed E-state index contributed by atoms with van der Waals surface area (Å²) in [7, 11) is 0. The summed E-state index contributed by atoms with van der Waals surface area (Å²) < 4.78 is 3.45. The van der Waals surface area contributed by atoms with Gasteiger partial charge >= 0.3 is 17.6 Å². The molecule has 4 aromatic rings. The number of aromatic nitrogens is 4. The number of allylic oxidation sites excluding steroid dienone is 4. The lowest BCUT2D eigenvalue weighted by Crippen LogP contribution is -2.29. The van der Waals surface area contributed by atoms with Crippen LogP contribution in [0.15, 0.2) is 95.6 Å². The zero-order chi connectivity index (χ0) is 29.2. The van der Waals surface area contributed by atoms with Crippen LogP contribution in [0.5, 0.6) is 0 Å². The van der Waals surface area contributed by atoms with Gasteiger partial charge in [0.05, 0.1) is 34.1 Å². The van der Waals surface area contributed by atoms with Gasteiger partial charge < -0.3 is 10.2 Å². The van der Waals surface area contributed by atoms with Gasteiger partial charge in [0.2, 0.25) is 0 Å². The largest absolute Gasteiger partial charge is 0.478 e. The lowest BCUT2D eigenvalue weighted by molar-refractivity contribution is -0.132. The van der Waals surface area contributed by atoms with Gasteiger partial charge in [-0.25, -0.2) is 19.4 Å². The van der Waals surface area contributed by atoms with Gasteiger partial charge in [0.15, 0.2) is 5.65 Å². The van der Waals surface area contributed by atoms with Crippen molar-refractivity contribution in [2.75, 3.05) is 13.1 Å². The molecule has 1 aliphatic heterocycles. The first-order chi connectivity index (χ1) is 20.4. The van der Waals surface area contributed by atoms with Crippen molar-refractivity contribution >= 4 is 28.7 Å². The molecule has 1 atom stereocenters. The minimum absolute atomic E-state index is 0.0959. The van der Waals surface area contributed by atoms with Gasteiger partial charge in [-0.1, -0.05) is 30.4 Å². The number of nitrogens with zero attached hydrogens (tertiary/aromatic N) is 5. The predicted molar refractivity (Wildman–Crippen MR) is 158 cm³/mol. The normalized spacial score (nSPS) is 18.7. The molecule has 1 unspecified atom stereocenters. The number of hydrogen-bond donors (Lipinski definition) is 2. The van der Waals surface area contributed by atoms with Crippen LogP contribution in [0, 0.1) is 0 Å². The van der Waals surface area contributed by atoms with E-state index in [1.807, 2.05) is 48.6 Å². The van der Waals surface area contributed by atoms with Crippen molar-refractivity contribution in [2.45, 2.75) is 31.8 Å². The van der Waals surface area contributed by atoms with E-state index in [1.54, 1.807) is 33.5 Å². The number of benzene rings is 1. The van der Waals surface area contributed by atoms with E-state index in [0.29, 0.717) is 29.9 Å². The minimum Gasteiger partial charge on any atom is -0.478 e. The molecule has 212 valence electrons. The number of imidazole rings is 1. The molecule has 0 radical (unpaired) electrons. The smallest absolute Gasteiger partial charge is 0.335 e. The Morgan fingerprint density at radius 3 is 2.60 bits per heavy atom. The van der Waals surface area contributed by atoms with Crippen molar-refractivity contribution in [3.05, 3.63) is 118 Å². The summed E-state index contributed by atoms with van der Waals surface area (Å²) in [6, 6.07) is 14.4. The summed E-state index contributed by atoms with van der Waals surface area (Å²) in [5.74, 6) is -1.95. The Hall–Kier alpha value is -5.09. The first kappa shape index (κ1) is 27.1. The van der Waals surface area contributed by atoms with Gasteiger partial charge in [0.25, 0.3) is 0 Å². The zero-order valence-electron chi connectivity index (χ0n) is 22.8. The number of hydrogen-bond acceptors (Lipinski definition) is 6. The van der Waals surface area contributed by atoms with Crippen LogP contribution in [0.1, 0.15) is 46.9 Å². The molecular weight excluding hydrogens is 534 g/mol. The number of carbonyl (C=O) groups is 2. The molecule has 0 spiro atoms. The maximum Gasteiger partial charge on any atom is 0.335 e. The lowest BCUT2D eigenvalue weighted by atomic mass is 9.97. The molecule has 6 rings (SSSR count). The van der Waals surface area contributed by atoms with Crippen LogP contribution in [-0.2, 0) is 11.3 Å². The fourth-order valence-electron chi connectivity index (χ4n) is 5.71. The van der Waals surface area contributed by atoms with E-state index in [0.717, 1.165) is 42.6 Å². The summed E-state index contributed by atoms with van der Waals surface area (Å²) in [6.45, 7) is 1.85. The van der Waals surface area contributed by atoms with E-state index in [4.69, 9.17) is 0 Å². The summed E-state index contributed by atoms with van der Waals surface area (Å²) in [5, 5.41) is 18.7. The quantitative estimate of drug-likeness (QED) is 0.337. The van der Waals surface area contributed by atoms with Crippen LogP contribution in [0.3, 0.4) is 0 Å². The number of carboxylic acid groups (broad SMARTS) is 2. The molecule has 0 saturated carbocycles. The Balaban J connectivity index is 1.28. The number of carboxylic acids is 2. The SMILES string of the molecule is O=C(O)C1=C/C=C(/c2ccc(-n3c(=O)n(C4CCN(Cc5cc(C(=O)O)ccn5)C4)c4ncccc43)cc2)CCC=C1. The van der Waals surface area contributed by atoms with Crippen molar-refractivity contribution in [1.82, 2.24) is 24.0 Å². The molecule has 2 aliphatic rings. The van der Waals surface area contributed by atoms with Crippen LogP contribution < -0.4 is 5.69 Å². The number of likely N-dealkylation sites (tertiary alicyclic amines) is 1. The Morgan fingerprint density at radius 2 is 1.81 bits per heavy atom. The molecule has 10 nitrogen and oxygen atoms in total. The van der Waals surface area contributed by atoms with Crippen molar-refractivity contribution in [2.24, 2.45) is 0 Å². The summed E-state index contributed by atoms with van der Waals surface area (Å²) in [5.41, 5.74) is 5.00. The van der Waals surface area contributed by atoms with E-state index in [9.17, 15) is 24.6 Å². The highest BCUT2D eigenvalue weighted by molar-refractivity contribution is 5.91. The molecule has 2 N–H and O–H groups in total. The van der Waals surface area contributed by atoms with Crippen LogP contribution in [0.2, 0.25) is 0 Å². The van der Waals surface area contributed by atoms with Crippen molar-refractivity contribution in [3.8, 4) is 5.69 Å². The second-order valence-electron chi connectivity index (χ2n) is 10.5. The van der Waals surface area contributed by atoms with Gasteiger partial charge in [-0.3, -0.25) is 19.0 Å². The third-order valence-corrected chi connectivity index (χ3v) is 7.78. The monoisotopic (exact) mass is 563 g/mol. The topological polar surface area (TPSA) is 131 Å². The van der Waals surface area contributed by atoms with Crippen molar-refractivity contribution in [3.63, 3.8) is 0 Å². The maximum atomic E-state index is 13.9. The molecule has 0 bridgehead atoms. The molecule has 1 fully saturated rings. The van der Waals surface area contributed by atoms with E-state index >= 15 is 0 Å². The number of fused-ring (bicyclic) bond motifs is 1. The van der Waals surface area contributed by atoms with E-state index in [-0.39, 0.29) is 22.9 Å². The van der Waals surface area contributed by atoms with Gasteiger partial charge in [0.1, 0.15) is 0 Å². The van der Waals surface area contributed by atoms with Gasteiger partial charge in [-0.05, 0) is 72.9 Å². The predicted octanol–water partition coefficient (Wildman–Crippen LogP) is 4.47. The minimum atomic E-state index is -0.987. The standard InChI is InChI=1S/C32H29N5O5/c38-30(39)23-5-2-1-4-21(7-8-23)22-9-11-26(12-10-22)36-28-6-3-15-34-29(28)37(32(36)42)27-14-17-35(20-27)19-25-18-24(31(40)41)13-16-33-25/h2-3,5-13,15-16,18,27H,1,4,14,17,19-20H2,(H,38,39)(H,40,41)/b5-2?,21-7+,23-8?. The molecule has 3 aromatic heterocycles. The third-order valence-electron chi connectivity index (χ3n) is 7.78. The molecule has 10 heteroatoms. The fraction of sp³-hybridized carbons (Fsp3) is 0.219. The summed E-state index contributed by atoms with van der Waals surface area (Å²) in [6.07, 6.45) is 12.4. The van der Waals surface area contributed by atoms with E-state index < -0.39 is 11.9 Å². The number of aliphatic carboxylic acids is 1. The average molecular weight is 564 g/mol. The highest BCUT2D eigenvalue weighted by Gasteiger charge is 2.29. The van der Waals surface area contributed by atoms with Crippen molar-refractivity contribution < 1.29 is 19.8 Å². The van der Waals surface area contributed by atoms with Crippen LogP contribution >= 0.6 is 0 Å². The van der Waals surface area contributed by atoms with Crippen molar-refractivity contribution in [1.29, 1.82) is 0 Å². The second-order valence-corrected chi connectivity index (χ2v) is 10.5. The molecular formula is C32H29N5O5. The number of rotatable bonds is 7. The van der Waals surface area contributed by atoms with Crippen LogP contribution in [-0.4, -0.2) is 59.2 Å². The van der Waals surface area contributed by atoms with Gasteiger partial charge in [-0.2, -0.15) is 0 Å². The van der Waals surface area contributed by atoms with Crippen LogP contribution in [0.4, 0.5) is 0 Å². The van der Waals surface area contributed by atoms with Gasteiger partial charge in [-0.15, -0.1) is 0 Å². The Labute approximate surface area is 241 Å². The summed E-state index contributed by atoms with van der Waals surface area (Å²) >= 11 is 0. The molecule has 0 amide bonds.